The SMILES string of the molecule is C=Cc1ccc(OC(F)(F)C(F)(F)S(=O)(=O)NS(=O)(=O)C(F)(F)F)cc1. The summed E-state index contributed by atoms with van der Waals surface area (Å²) < 4.78 is 137. The number of hydrogen-bond acceptors (Lipinski definition) is 5. The second-order valence-electron chi connectivity index (χ2n) is 4.44. The number of nitrogens with one attached hydrogen (secondary N) is 1. The van der Waals surface area contributed by atoms with Crippen molar-refractivity contribution in [3.8, 4) is 5.75 Å². The minimum absolute atomic E-state index is 0.345. The first kappa shape index (κ1) is 22.2. The Labute approximate surface area is 142 Å². The van der Waals surface area contributed by atoms with Gasteiger partial charge < -0.3 is 4.74 Å². The summed E-state index contributed by atoms with van der Waals surface area (Å²) >= 11 is 0. The van der Waals surface area contributed by atoms with Gasteiger partial charge in [-0.25, -0.2) is 16.8 Å². The number of sulfonamides is 2. The largest absolute Gasteiger partial charge is 0.512 e. The van der Waals surface area contributed by atoms with Gasteiger partial charge in [-0.3, -0.25) is 0 Å². The van der Waals surface area contributed by atoms with Crippen LogP contribution in [-0.2, 0) is 20.0 Å². The number of ether oxygens (including phenoxy) is 1. The van der Waals surface area contributed by atoms with Crippen LogP contribution in [0.4, 0.5) is 30.7 Å². The molecule has 0 amide bonds. The molecule has 0 fully saturated rings. The standard InChI is InChI=1S/C11H8F7NO5S2/c1-2-7-3-5-8(6-4-7)24-9(12,13)10(14,15)25(20,21)19-26(22,23)11(16,17)18/h2-6,19H,1H2. The van der Waals surface area contributed by atoms with Crippen molar-refractivity contribution in [3.05, 3.63) is 36.4 Å². The molecule has 0 atom stereocenters. The van der Waals surface area contributed by atoms with E-state index < -0.39 is 46.8 Å². The Kier molecular flexibility index (Phi) is 5.71. The molecule has 148 valence electrons. The lowest BCUT2D eigenvalue weighted by molar-refractivity contribution is -0.272. The van der Waals surface area contributed by atoms with Crippen molar-refractivity contribution in [2.75, 3.05) is 0 Å². The van der Waals surface area contributed by atoms with Crippen LogP contribution >= 0.6 is 0 Å². The normalized spacial score (nSPS) is 14.1. The second-order valence-corrected chi connectivity index (χ2v) is 8.10. The zero-order valence-electron chi connectivity index (χ0n) is 12.1. The van der Waals surface area contributed by atoms with Crippen LogP contribution in [0.2, 0.25) is 0 Å². The predicted molar refractivity (Wildman–Crippen MR) is 74.1 cm³/mol. The minimum Gasteiger partial charge on any atom is -0.427 e. The first-order valence-corrected chi connectivity index (χ1v) is 8.95. The Balaban J connectivity index is 3.20. The van der Waals surface area contributed by atoms with Gasteiger partial charge in [-0.05, 0) is 17.7 Å². The van der Waals surface area contributed by atoms with Gasteiger partial charge in [0.05, 0.1) is 0 Å². The van der Waals surface area contributed by atoms with Crippen molar-refractivity contribution in [3.63, 3.8) is 0 Å². The lowest BCUT2D eigenvalue weighted by Crippen LogP contribution is -2.57. The molecule has 0 aliphatic carbocycles. The fourth-order valence-electron chi connectivity index (χ4n) is 1.28. The Morgan fingerprint density at radius 3 is 1.73 bits per heavy atom. The van der Waals surface area contributed by atoms with Gasteiger partial charge >= 0.3 is 36.9 Å². The predicted octanol–water partition coefficient (Wildman–Crippen LogP) is 2.66. The molecule has 0 radical (unpaired) electrons. The number of halogens is 7. The number of hydrogen-bond donors (Lipinski definition) is 1. The maximum absolute atomic E-state index is 13.6. The van der Waals surface area contributed by atoms with Crippen LogP contribution in [-0.4, -0.2) is 33.7 Å². The van der Waals surface area contributed by atoms with Crippen LogP contribution in [0.25, 0.3) is 6.08 Å². The van der Waals surface area contributed by atoms with E-state index in [1.807, 2.05) is 0 Å². The van der Waals surface area contributed by atoms with E-state index >= 15 is 0 Å². The van der Waals surface area contributed by atoms with Gasteiger partial charge in [0.15, 0.2) is 0 Å². The van der Waals surface area contributed by atoms with Crippen LogP contribution in [0.5, 0.6) is 5.75 Å². The molecular weight excluding hydrogens is 423 g/mol. The summed E-state index contributed by atoms with van der Waals surface area (Å²) in [6.07, 6.45) is -4.68. The van der Waals surface area contributed by atoms with Crippen molar-refractivity contribution >= 4 is 26.1 Å². The molecule has 0 aromatic heterocycles. The Morgan fingerprint density at radius 2 is 1.35 bits per heavy atom. The van der Waals surface area contributed by atoms with Crippen molar-refractivity contribution in [2.45, 2.75) is 16.9 Å². The van der Waals surface area contributed by atoms with Gasteiger partial charge in [0.25, 0.3) is 0 Å². The van der Waals surface area contributed by atoms with Crippen LogP contribution in [0, 0.1) is 0 Å². The number of benzene rings is 1. The fourth-order valence-corrected chi connectivity index (χ4v) is 3.59. The van der Waals surface area contributed by atoms with E-state index in [9.17, 15) is 47.6 Å². The third-order valence-corrected chi connectivity index (χ3v) is 5.84. The molecule has 0 unspecified atom stereocenters. The maximum Gasteiger partial charge on any atom is 0.512 e. The van der Waals surface area contributed by atoms with E-state index in [-0.39, 0.29) is 0 Å². The van der Waals surface area contributed by atoms with E-state index in [4.69, 9.17) is 0 Å². The molecule has 0 aliphatic rings. The lowest BCUT2D eigenvalue weighted by Gasteiger charge is -2.26. The number of rotatable bonds is 7. The Morgan fingerprint density at radius 1 is 0.885 bits per heavy atom. The van der Waals surface area contributed by atoms with Gasteiger partial charge in [-0.15, -0.1) is 0 Å². The highest BCUT2D eigenvalue weighted by atomic mass is 32.3. The quantitative estimate of drug-likeness (QED) is 0.671. The highest BCUT2D eigenvalue weighted by molar-refractivity contribution is 8.05. The summed E-state index contributed by atoms with van der Waals surface area (Å²) in [5.74, 6) is -0.978. The van der Waals surface area contributed by atoms with Crippen LogP contribution in [0.1, 0.15) is 5.56 Å². The fraction of sp³-hybridized carbons (Fsp3) is 0.273. The van der Waals surface area contributed by atoms with E-state index in [0.717, 1.165) is 12.1 Å². The van der Waals surface area contributed by atoms with Crippen molar-refractivity contribution < 1.29 is 52.3 Å². The molecule has 0 saturated carbocycles. The van der Waals surface area contributed by atoms with Gasteiger partial charge in [-0.1, -0.05) is 28.9 Å². The molecule has 1 aromatic carbocycles. The molecular formula is C11H8F7NO5S2. The minimum atomic E-state index is -7.07. The van der Waals surface area contributed by atoms with E-state index in [2.05, 4.69) is 11.3 Å². The van der Waals surface area contributed by atoms with E-state index in [1.54, 1.807) is 0 Å². The smallest absolute Gasteiger partial charge is 0.427 e. The maximum atomic E-state index is 13.6. The average molecular weight is 431 g/mol. The monoisotopic (exact) mass is 431 g/mol. The van der Waals surface area contributed by atoms with Crippen LogP contribution < -0.4 is 8.86 Å². The average Bonchev–Trinajstić information content (AvgIpc) is 2.45. The summed E-state index contributed by atoms with van der Waals surface area (Å²) in [4.78, 5) is 0. The Bertz CT molecular complexity index is 877. The number of alkyl halides is 7. The molecule has 15 heteroatoms. The molecule has 0 heterocycles. The molecule has 1 N–H and O–H groups in total. The molecule has 0 saturated heterocycles. The summed E-state index contributed by atoms with van der Waals surface area (Å²) in [7, 11) is -14.0. The van der Waals surface area contributed by atoms with Crippen molar-refractivity contribution in [1.29, 1.82) is 0 Å². The molecule has 6 nitrogen and oxygen atoms in total. The lowest BCUT2D eigenvalue weighted by atomic mass is 10.2. The van der Waals surface area contributed by atoms with Gasteiger partial charge in [0.1, 0.15) is 5.75 Å². The topological polar surface area (TPSA) is 89.5 Å². The van der Waals surface area contributed by atoms with Crippen LogP contribution in [0.3, 0.4) is 0 Å². The van der Waals surface area contributed by atoms with E-state index in [0.29, 0.717) is 17.7 Å². The first-order chi connectivity index (χ1) is 11.5. The molecule has 0 bridgehead atoms. The summed E-state index contributed by atoms with van der Waals surface area (Å²) in [5.41, 5.74) is -6.00. The first-order valence-electron chi connectivity index (χ1n) is 5.98. The second kappa shape index (κ2) is 6.70. The van der Waals surface area contributed by atoms with Crippen LogP contribution in [0.15, 0.2) is 30.8 Å². The third-order valence-electron chi connectivity index (χ3n) is 2.56. The van der Waals surface area contributed by atoms with Crippen molar-refractivity contribution in [2.24, 2.45) is 0 Å². The molecule has 1 rings (SSSR count). The van der Waals surface area contributed by atoms with Gasteiger partial charge in [0.2, 0.25) is 0 Å². The Hall–Kier alpha value is -1.87. The summed E-state index contributed by atoms with van der Waals surface area (Å²) in [6.45, 7) is 3.32. The highest BCUT2D eigenvalue weighted by Gasteiger charge is 2.70. The summed E-state index contributed by atoms with van der Waals surface area (Å²) in [5, 5.41) is -6.38. The molecule has 0 spiro atoms. The summed E-state index contributed by atoms with van der Waals surface area (Å²) in [6, 6.07) is 3.57. The highest BCUT2D eigenvalue weighted by Crippen LogP contribution is 2.40. The van der Waals surface area contributed by atoms with Gasteiger partial charge in [-0.2, -0.15) is 30.7 Å². The van der Waals surface area contributed by atoms with E-state index in [1.165, 1.54) is 6.08 Å². The third kappa shape index (κ3) is 4.27. The zero-order valence-corrected chi connectivity index (χ0v) is 13.7. The zero-order chi connectivity index (χ0) is 20.6. The molecule has 0 aliphatic heterocycles. The molecule has 1 aromatic rings. The van der Waals surface area contributed by atoms with Gasteiger partial charge in [0, 0.05) is 0 Å². The van der Waals surface area contributed by atoms with Crippen molar-refractivity contribution in [1.82, 2.24) is 4.13 Å². The molecule has 26 heavy (non-hydrogen) atoms.